The van der Waals surface area contributed by atoms with Gasteiger partial charge < -0.3 is 5.11 Å². The van der Waals surface area contributed by atoms with Gasteiger partial charge in [0.05, 0.1) is 0 Å². The molecule has 1 N–H and O–H groups in total. The minimum absolute atomic E-state index is 0.326. The highest BCUT2D eigenvalue weighted by molar-refractivity contribution is 5.87. The van der Waals surface area contributed by atoms with Crippen molar-refractivity contribution >= 4 is 10.8 Å². The molecule has 0 aliphatic carbocycles. The summed E-state index contributed by atoms with van der Waals surface area (Å²) in [5, 5.41) is 12.9. The first-order valence-electron chi connectivity index (χ1n) is 7.00. The van der Waals surface area contributed by atoms with Gasteiger partial charge in [0.15, 0.2) is 0 Å². The molecular formula is C19H17FO. The molecule has 3 rings (SSSR count). The third-order valence-electron chi connectivity index (χ3n) is 4.00. The predicted molar refractivity (Wildman–Crippen MR) is 83.9 cm³/mol. The summed E-state index contributed by atoms with van der Waals surface area (Å²) < 4.78 is 13.5. The number of fused-ring (bicyclic) bond motifs is 1. The zero-order chi connectivity index (χ0) is 15.0. The van der Waals surface area contributed by atoms with Crippen molar-refractivity contribution in [3.63, 3.8) is 0 Å². The Morgan fingerprint density at radius 3 is 2.43 bits per heavy atom. The number of aliphatic hydroxyl groups excluding tert-OH is 1. The summed E-state index contributed by atoms with van der Waals surface area (Å²) in [6.45, 7) is 3.86. The number of hydrogen-bond donors (Lipinski definition) is 1. The first-order chi connectivity index (χ1) is 10.1. The van der Waals surface area contributed by atoms with E-state index in [1.807, 2.05) is 50.2 Å². The maximum absolute atomic E-state index is 13.5. The molecule has 0 aliphatic rings. The van der Waals surface area contributed by atoms with Crippen LogP contribution in [-0.2, 0) is 0 Å². The number of hydrogen-bond acceptors (Lipinski definition) is 1. The fourth-order valence-electron chi connectivity index (χ4n) is 2.83. The van der Waals surface area contributed by atoms with Gasteiger partial charge in [0, 0.05) is 0 Å². The molecule has 3 aromatic rings. The lowest BCUT2D eigenvalue weighted by molar-refractivity contribution is 0.220. The lowest BCUT2D eigenvalue weighted by Crippen LogP contribution is -2.05. The Morgan fingerprint density at radius 1 is 0.905 bits per heavy atom. The van der Waals surface area contributed by atoms with Crippen LogP contribution in [0.3, 0.4) is 0 Å². The lowest BCUT2D eigenvalue weighted by atomic mass is 9.90. The summed E-state index contributed by atoms with van der Waals surface area (Å²) in [4.78, 5) is 0. The zero-order valence-electron chi connectivity index (χ0n) is 12.1. The molecule has 1 nitrogen and oxygen atoms in total. The van der Waals surface area contributed by atoms with Crippen LogP contribution < -0.4 is 0 Å². The highest BCUT2D eigenvalue weighted by atomic mass is 19.1. The van der Waals surface area contributed by atoms with Gasteiger partial charge in [-0.15, -0.1) is 0 Å². The molecule has 0 fully saturated rings. The molecule has 1 unspecified atom stereocenters. The second-order valence-corrected chi connectivity index (χ2v) is 5.42. The molecule has 0 saturated carbocycles. The topological polar surface area (TPSA) is 20.2 Å². The fourth-order valence-corrected chi connectivity index (χ4v) is 2.83. The Balaban J connectivity index is 2.24. The van der Waals surface area contributed by atoms with Gasteiger partial charge in [0.25, 0.3) is 0 Å². The Bertz CT molecular complexity index is 808. The average Bonchev–Trinajstić information content (AvgIpc) is 2.49. The number of aryl methyl sites for hydroxylation is 2. The molecule has 0 bridgehead atoms. The van der Waals surface area contributed by atoms with Crippen molar-refractivity contribution in [2.75, 3.05) is 0 Å². The van der Waals surface area contributed by atoms with Gasteiger partial charge in [-0.25, -0.2) is 4.39 Å². The van der Waals surface area contributed by atoms with Gasteiger partial charge in [0.2, 0.25) is 0 Å². The van der Waals surface area contributed by atoms with Crippen molar-refractivity contribution in [3.05, 3.63) is 82.7 Å². The van der Waals surface area contributed by atoms with Crippen molar-refractivity contribution in [1.29, 1.82) is 0 Å². The Hall–Kier alpha value is -2.19. The third-order valence-corrected chi connectivity index (χ3v) is 4.00. The zero-order valence-corrected chi connectivity index (χ0v) is 12.1. The van der Waals surface area contributed by atoms with Crippen LogP contribution >= 0.6 is 0 Å². The largest absolute Gasteiger partial charge is 0.384 e. The van der Waals surface area contributed by atoms with Crippen molar-refractivity contribution in [2.45, 2.75) is 20.0 Å². The maximum atomic E-state index is 13.5. The van der Waals surface area contributed by atoms with Gasteiger partial charge in [-0.3, -0.25) is 0 Å². The SMILES string of the molecule is Cc1ccc(F)cc1C(O)c1c(C)ccc2ccccc12. The van der Waals surface area contributed by atoms with E-state index in [1.54, 1.807) is 6.07 Å². The predicted octanol–water partition coefficient (Wildman–Crippen LogP) is 4.68. The summed E-state index contributed by atoms with van der Waals surface area (Å²) in [6, 6.07) is 16.5. The van der Waals surface area contributed by atoms with Crippen LogP contribution in [0.4, 0.5) is 4.39 Å². The van der Waals surface area contributed by atoms with Crippen LogP contribution in [0.1, 0.15) is 28.4 Å². The minimum Gasteiger partial charge on any atom is -0.384 e. The van der Waals surface area contributed by atoms with Crippen molar-refractivity contribution in [3.8, 4) is 0 Å². The molecule has 0 radical (unpaired) electrons. The van der Waals surface area contributed by atoms with E-state index < -0.39 is 6.10 Å². The Morgan fingerprint density at radius 2 is 1.62 bits per heavy atom. The number of benzene rings is 3. The standard InChI is InChI=1S/C19H17FO/c1-12-8-10-15(20)11-17(12)19(21)18-13(2)7-9-14-5-3-4-6-16(14)18/h3-11,19,21H,1-2H3. The van der Waals surface area contributed by atoms with Crippen LogP contribution in [0.2, 0.25) is 0 Å². The summed E-state index contributed by atoms with van der Waals surface area (Å²) in [6.07, 6.45) is -0.827. The summed E-state index contributed by atoms with van der Waals surface area (Å²) in [5.74, 6) is -0.326. The Labute approximate surface area is 123 Å². The molecule has 0 heterocycles. The van der Waals surface area contributed by atoms with E-state index in [1.165, 1.54) is 12.1 Å². The van der Waals surface area contributed by atoms with E-state index in [2.05, 4.69) is 0 Å². The quantitative estimate of drug-likeness (QED) is 0.722. The summed E-state index contributed by atoms with van der Waals surface area (Å²) in [5.41, 5.74) is 3.36. The monoisotopic (exact) mass is 280 g/mol. The van der Waals surface area contributed by atoms with Crippen LogP contribution in [0.25, 0.3) is 10.8 Å². The maximum Gasteiger partial charge on any atom is 0.123 e. The highest BCUT2D eigenvalue weighted by Gasteiger charge is 2.18. The third kappa shape index (κ3) is 2.43. The smallest absolute Gasteiger partial charge is 0.123 e. The average molecular weight is 280 g/mol. The van der Waals surface area contributed by atoms with Crippen molar-refractivity contribution in [2.24, 2.45) is 0 Å². The van der Waals surface area contributed by atoms with E-state index >= 15 is 0 Å². The van der Waals surface area contributed by atoms with Crippen LogP contribution in [0, 0.1) is 19.7 Å². The molecule has 106 valence electrons. The van der Waals surface area contributed by atoms with E-state index in [4.69, 9.17) is 0 Å². The minimum atomic E-state index is -0.827. The molecule has 3 aromatic carbocycles. The number of rotatable bonds is 2. The first kappa shape index (κ1) is 13.8. The van der Waals surface area contributed by atoms with Crippen molar-refractivity contribution in [1.82, 2.24) is 0 Å². The second kappa shape index (κ2) is 5.30. The first-order valence-corrected chi connectivity index (χ1v) is 7.00. The van der Waals surface area contributed by atoms with Crippen LogP contribution in [0.15, 0.2) is 54.6 Å². The summed E-state index contributed by atoms with van der Waals surface area (Å²) >= 11 is 0. The lowest BCUT2D eigenvalue weighted by Gasteiger charge is -2.19. The van der Waals surface area contributed by atoms with E-state index in [0.717, 1.165) is 27.5 Å². The molecule has 1 atom stereocenters. The molecule has 0 saturated heterocycles. The number of halogens is 1. The molecule has 0 amide bonds. The van der Waals surface area contributed by atoms with Crippen LogP contribution in [0.5, 0.6) is 0 Å². The van der Waals surface area contributed by atoms with Crippen molar-refractivity contribution < 1.29 is 9.50 Å². The Kier molecular flexibility index (Phi) is 3.48. The van der Waals surface area contributed by atoms with Gasteiger partial charge in [-0.2, -0.15) is 0 Å². The van der Waals surface area contributed by atoms with E-state index in [9.17, 15) is 9.50 Å². The van der Waals surface area contributed by atoms with Gasteiger partial charge in [-0.1, -0.05) is 42.5 Å². The molecule has 2 heteroatoms. The normalized spacial score (nSPS) is 12.6. The molecular weight excluding hydrogens is 263 g/mol. The molecule has 21 heavy (non-hydrogen) atoms. The highest BCUT2D eigenvalue weighted by Crippen LogP contribution is 2.33. The fraction of sp³-hybridized carbons (Fsp3) is 0.158. The second-order valence-electron chi connectivity index (χ2n) is 5.42. The molecule has 0 spiro atoms. The van der Waals surface area contributed by atoms with E-state index in [0.29, 0.717) is 5.56 Å². The summed E-state index contributed by atoms with van der Waals surface area (Å²) in [7, 11) is 0. The molecule has 0 aliphatic heterocycles. The van der Waals surface area contributed by atoms with Crippen LogP contribution in [-0.4, -0.2) is 5.11 Å². The van der Waals surface area contributed by atoms with Gasteiger partial charge in [0.1, 0.15) is 11.9 Å². The number of aliphatic hydroxyl groups is 1. The van der Waals surface area contributed by atoms with E-state index in [-0.39, 0.29) is 5.82 Å². The molecule has 0 aromatic heterocycles. The van der Waals surface area contributed by atoms with Gasteiger partial charge >= 0.3 is 0 Å². The van der Waals surface area contributed by atoms with Gasteiger partial charge in [-0.05, 0) is 59.0 Å².